The van der Waals surface area contributed by atoms with E-state index in [4.69, 9.17) is 0 Å². The molecule has 1 saturated carbocycles. The first-order valence-electron chi connectivity index (χ1n) is 11.0. The van der Waals surface area contributed by atoms with E-state index in [1.165, 1.54) is 0 Å². The number of rotatable bonds is 3. The van der Waals surface area contributed by atoms with Crippen LogP contribution in [0.4, 0.5) is 0 Å². The molecule has 6 nitrogen and oxygen atoms in total. The molecule has 3 aliphatic rings. The van der Waals surface area contributed by atoms with E-state index in [0.29, 0.717) is 31.0 Å². The highest BCUT2D eigenvalue weighted by Crippen LogP contribution is 2.52. The summed E-state index contributed by atoms with van der Waals surface area (Å²) in [6, 6.07) is 12.0. The second-order valence-electron chi connectivity index (χ2n) is 10.5. The smallest absolute Gasteiger partial charge is 0.274 e. The number of hydrogen-bond acceptors (Lipinski definition) is 3. The molecule has 2 atom stereocenters. The van der Waals surface area contributed by atoms with Gasteiger partial charge in [0.2, 0.25) is 0 Å². The van der Waals surface area contributed by atoms with Crippen LogP contribution < -0.4 is 0 Å². The van der Waals surface area contributed by atoms with Gasteiger partial charge < -0.3 is 9.80 Å². The number of fused-ring (bicyclic) bond motifs is 3. The van der Waals surface area contributed by atoms with Gasteiger partial charge in [0.05, 0.1) is 6.54 Å². The number of hydrogen-bond donors (Lipinski definition) is 0. The van der Waals surface area contributed by atoms with Crippen molar-refractivity contribution < 1.29 is 9.59 Å². The zero-order valence-electron chi connectivity index (χ0n) is 18.1. The van der Waals surface area contributed by atoms with Gasteiger partial charge in [0.1, 0.15) is 5.69 Å². The van der Waals surface area contributed by atoms with E-state index >= 15 is 0 Å². The van der Waals surface area contributed by atoms with Crippen molar-refractivity contribution in [2.24, 2.45) is 10.8 Å². The van der Waals surface area contributed by atoms with Gasteiger partial charge in [-0.1, -0.05) is 51.1 Å². The summed E-state index contributed by atoms with van der Waals surface area (Å²) < 4.78 is 1.71. The van der Waals surface area contributed by atoms with Crippen molar-refractivity contribution >= 4 is 11.8 Å². The van der Waals surface area contributed by atoms with Gasteiger partial charge in [-0.2, -0.15) is 5.10 Å². The molecule has 158 valence electrons. The molecule has 2 aromatic rings. The van der Waals surface area contributed by atoms with E-state index in [1.807, 2.05) is 40.1 Å². The number of benzene rings is 1. The Morgan fingerprint density at radius 1 is 1.13 bits per heavy atom. The molecule has 6 heteroatoms. The van der Waals surface area contributed by atoms with Crippen molar-refractivity contribution in [2.45, 2.75) is 59.2 Å². The quantitative estimate of drug-likeness (QED) is 0.783. The Labute approximate surface area is 177 Å². The number of aromatic nitrogens is 2. The van der Waals surface area contributed by atoms with Crippen LogP contribution in [0.25, 0.3) is 0 Å². The van der Waals surface area contributed by atoms with Crippen molar-refractivity contribution in [3.8, 4) is 0 Å². The number of nitrogens with zero attached hydrogens (tertiary/aromatic N) is 4. The van der Waals surface area contributed by atoms with Crippen molar-refractivity contribution in [1.82, 2.24) is 19.6 Å². The van der Waals surface area contributed by atoms with Crippen molar-refractivity contribution in [2.75, 3.05) is 13.1 Å². The molecule has 5 rings (SSSR count). The van der Waals surface area contributed by atoms with Gasteiger partial charge in [0, 0.05) is 31.7 Å². The third-order valence-electron chi connectivity index (χ3n) is 6.98. The first-order chi connectivity index (χ1) is 14.2. The number of carbonyl (C=O) groups excluding carboxylic acids is 2. The monoisotopic (exact) mass is 406 g/mol. The van der Waals surface area contributed by atoms with Gasteiger partial charge in [0.15, 0.2) is 5.69 Å². The molecule has 2 bridgehead atoms. The highest BCUT2D eigenvalue weighted by molar-refractivity contribution is 5.98. The molecule has 3 heterocycles. The Balaban J connectivity index is 1.35. The lowest BCUT2D eigenvalue weighted by molar-refractivity contribution is 0.0675. The van der Waals surface area contributed by atoms with Crippen LogP contribution in [-0.2, 0) is 13.1 Å². The van der Waals surface area contributed by atoms with Crippen LogP contribution in [0.2, 0.25) is 0 Å². The Kier molecular flexibility index (Phi) is 4.31. The summed E-state index contributed by atoms with van der Waals surface area (Å²) in [4.78, 5) is 30.3. The molecule has 1 aliphatic carbocycles. The summed E-state index contributed by atoms with van der Waals surface area (Å²) in [5.74, 6) is -0.0735. The number of amides is 2. The molecular weight excluding hydrogens is 376 g/mol. The summed E-state index contributed by atoms with van der Waals surface area (Å²) in [5, 5.41) is 4.54. The number of carbonyl (C=O) groups is 2. The molecule has 2 aliphatic heterocycles. The molecule has 2 unspecified atom stereocenters. The highest BCUT2D eigenvalue weighted by Gasteiger charge is 2.51. The Bertz CT molecular complexity index is 996. The maximum absolute atomic E-state index is 13.4. The van der Waals surface area contributed by atoms with Crippen LogP contribution in [0.5, 0.6) is 0 Å². The SMILES string of the molecule is CC1(C)CC2CC(C)(CN2C(=O)c2cc3n(n2)CCN(Cc2ccccc2)C3=O)C1. The summed E-state index contributed by atoms with van der Waals surface area (Å²) in [6.45, 7) is 9.51. The van der Waals surface area contributed by atoms with Gasteiger partial charge in [-0.15, -0.1) is 0 Å². The Hall–Kier alpha value is -2.63. The van der Waals surface area contributed by atoms with Gasteiger partial charge in [-0.25, -0.2) is 0 Å². The normalized spacial score (nSPS) is 27.3. The molecule has 0 N–H and O–H groups in total. The van der Waals surface area contributed by atoms with Gasteiger partial charge in [-0.3, -0.25) is 14.3 Å². The predicted molar refractivity (Wildman–Crippen MR) is 114 cm³/mol. The molecule has 1 saturated heterocycles. The summed E-state index contributed by atoms with van der Waals surface area (Å²) in [5.41, 5.74) is 2.48. The first kappa shape index (κ1) is 19.3. The fraction of sp³-hybridized carbons (Fsp3) is 0.542. The second kappa shape index (κ2) is 6.69. The Morgan fingerprint density at radius 2 is 1.90 bits per heavy atom. The second-order valence-corrected chi connectivity index (χ2v) is 10.5. The Morgan fingerprint density at radius 3 is 2.67 bits per heavy atom. The van der Waals surface area contributed by atoms with Crippen LogP contribution in [-0.4, -0.2) is 50.5 Å². The van der Waals surface area contributed by atoms with Gasteiger partial charge in [0.25, 0.3) is 11.8 Å². The molecule has 0 radical (unpaired) electrons. The average Bonchev–Trinajstić information content (AvgIpc) is 3.22. The van der Waals surface area contributed by atoms with Gasteiger partial charge >= 0.3 is 0 Å². The van der Waals surface area contributed by atoms with E-state index in [1.54, 1.807) is 10.7 Å². The fourth-order valence-electron chi connectivity index (χ4n) is 6.14. The van der Waals surface area contributed by atoms with E-state index in [9.17, 15) is 9.59 Å². The molecule has 2 fully saturated rings. The third kappa shape index (κ3) is 3.32. The van der Waals surface area contributed by atoms with Crippen LogP contribution in [0.3, 0.4) is 0 Å². The zero-order valence-corrected chi connectivity index (χ0v) is 18.1. The lowest BCUT2D eigenvalue weighted by Crippen LogP contribution is -2.39. The fourth-order valence-corrected chi connectivity index (χ4v) is 6.14. The third-order valence-corrected chi connectivity index (χ3v) is 6.98. The summed E-state index contributed by atoms with van der Waals surface area (Å²) >= 11 is 0. The van der Waals surface area contributed by atoms with Crippen LogP contribution in [0, 0.1) is 10.8 Å². The maximum Gasteiger partial charge on any atom is 0.274 e. The average molecular weight is 407 g/mol. The minimum atomic E-state index is -0.0510. The molecular formula is C24H30N4O2. The number of likely N-dealkylation sites (tertiary alicyclic amines) is 1. The van der Waals surface area contributed by atoms with Crippen LogP contribution in [0.15, 0.2) is 36.4 Å². The van der Waals surface area contributed by atoms with E-state index < -0.39 is 0 Å². The predicted octanol–water partition coefficient (Wildman–Crippen LogP) is 3.58. The minimum absolute atomic E-state index is 0.0225. The van der Waals surface area contributed by atoms with Crippen molar-refractivity contribution in [1.29, 1.82) is 0 Å². The van der Waals surface area contributed by atoms with E-state index in [0.717, 1.165) is 31.4 Å². The topological polar surface area (TPSA) is 58.4 Å². The summed E-state index contributed by atoms with van der Waals surface area (Å²) in [7, 11) is 0. The van der Waals surface area contributed by atoms with Crippen molar-refractivity contribution in [3.05, 3.63) is 53.3 Å². The lowest BCUT2D eigenvalue weighted by Gasteiger charge is -2.39. The molecule has 1 aromatic heterocycles. The van der Waals surface area contributed by atoms with Crippen LogP contribution in [0.1, 0.15) is 66.6 Å². The van der Waals surface area contributed by atoms with E-state index in [2.05, 4.69) is 25.9 Å². The molecule has 30 heavy (non-hydrogen) atoms. The summed E-state index contributed by atoms with van der Waals surface area (Å²) in [6.07, 6.45) is 3.25. The maximum atomic E-state index is 13.4. The van der Waals surface area contributed by atoms with Crippen LogP contribution >= 0.6 is 0 Å². The standard InChI is InChI=1S/C24H30N4O2/c1-23(2)12-18-13-24(3,15-23)16-27(18)21(29)19-11-20-22(30)26(9-10-28(20)25-19)14-17-7-5-4-6-8-17/h4-8,11,18H,9-10,12-16H2,1-3H3. The zero-order chi connectivity index (χ0) is 21.1. The lowest BCUT2D eigenvalue weighted by atomic mass is 9.65. The molecule has 1 aromatic carbocycles. The minimum Gasteiger partial charge on any atom is -0.334 e. The molecule has 0 spiro atoms. The largest absolute Gasteiger partial charge is 0.334 e. The van der Waals surface area contributed by atoms with Gasteiger partial charge in [-0.05, 0) is 35.7 Å². The highest BCUT2D eigenvalue weighted by atomic mass is 16.2. The van der Waals surface area contributed by atoms with Crippen molar-refractivity contribution in [3.63, 3.8) is 0 Å². The molecule has 2 amide bonds. The van der Waals surface area contributed by atoms with E-state index in [-0.39, 0.29) is 28.7 Å². The first-order valence-corrected chi connectivity index (χ1v) is 11.0.